The number of Topliss-reactive ketones (excluding diaryl/α,β-unsaturated/α-hetero) is 1. The maximum Gasteiger partial charge on any atom is 0.163 e. The van der Waals surface area contributed by atoms with Gasteiger partial charge in [-0.2, -0.15) is 0 Å². The minimum absolute atomic E-state index is 0.0236. The van der Waals surface area contributed by atoms with Gasteiger partial charge >= 0.3 is 0 Å². The third-order valence-corrected chi connectivity index (χ3v) is 7.16. The summed E-state index contributed by atoms with van der Waals surface area (Å²) in [4.78, 5) is 16.3. The second-order valence-electron chi connectivity index (χ2n) is 9.37. The van der Waals surface area contributed by atoms with Crippen LogP contribution >= 0.6 is 0 Å². The summed E-state index contributed by atoms with van der Waals surface area (Å²) >= 11 is 0. The van der Waals surface area contributed by atoms with Crippen molar-refractivity contribution in [2.45, 2.75) is 31.3 Å². The van der Waals surface area contributed by atoms with Crippen LogP contribution < -0.4 is 15.0 Å². The normalized spacial score (nSPS) is 19.2. The van der Waals surface area contributed by atoms with Crippen molar-refractivity contribution in [2.75, 3.05) is 17.3 Å². The van der Waals surface area contributed by atoms with E-state index in [1.165, 1.54) is 0 Å². The Kier molecular flexibility index (Phi) is 5.82. The fourth-order valence-electron chi connectivity index (χ4n) is 5.46. The van der Waals surface area contributed by atoms with Crippen LogP contribution in [-0.4, -0.2) is 12.9 Å². The first-order valence-electron chi connectivity index (χ1n) is 12.3. The van der Waals surface area contributed by atoms with Gasteiger partial charge in [0.05, 0.1) is 30.8 Å². The number of nitrogens with one attached hydrogen (secondary N) is 1. The molecular formula is C31H28N2O3. The molecule has 1 aliphatic carbocycles. The number of ether oxygens (including phenoxy) is 1. The van der Waals surface area contributed by atoms with Crippen LogP contribution in [0.4, 0.5) is 11.4 Å². The van der Waals surface area contributed by atoms with Crippen molar-refractivity contribution >= 4 is 17.2 Å². The van der Waals surface area contributed by atoms with Crippen LogP contribution in [0.25, 0.3) is 0 Å². The molecule has 1 aromatic heterocycles. The maximum absolute atomic E-state index is 13.9. The molecule has 2 atom stereocenters. The minimum atomic E-state index is -0.218. The van der Waals surface area contributed by atoms with E-state index in [2.05, 4.69) is 52.7 Å². The number of hydrogen-bond donors (Lipinski definition) is 1. The highest BCUT2D eigenvalue weighted by Crippen LogP contribution is 2.47. The molecule has 0 radical (unpaired) electrons. The highest BCUT2D eigenvalue weighted by molar-refractivity contribution is 6.01. The van der Waals surface area contributed by atoms with Crippen LogP contribution in [0.5, 0.6) is 5.75 Å². The first-order chi connectivity index (χ1) is 17.7. The van der Waals surface area contributed by atoms with E-state index in [1.54, 1.807) is 13.4 Å². The predicted octanol–water partition coefficient (Wildman–Crippen LogP) is 6.86. The number of fused-ring (bicyclic) bond motifs is 1. The number of para-hydroxylation sites is 2. The second-order valence-corrected chi connectivity index (χ2v) is 9.37. The van der Waals surface area contributed by atoms with Crippen LogP contribution in [0, 0.1) is 0 Å². The molecular weight excluding hydrogens is 448 g/mol. The van der Waals surface area contributed by atoms with Gasteiger partial charge in [-0.25, -0.2) is 0 Å². The zero-order chi connectivity index (χ0) is 24.5. The second kappa shape index (κ2) is 9.42. The molecule has 4 aromatic rings. The van der Waals surface area contributed by atoms with Crippen molar-refractivity contribution < 1.29 is 13.9 Å². The SMILES string of the molecule is COc1ccc(CN2c3ccccc3NC3=C(C(=O)C[C@@H](c4ccco4)C3)[C@@H]2c2ccccc2)cc1. The Balaban J connectivity index is 1.50. The van der Waals surface area contributed by atoms with Crippen molar-refractivity contribution in [2.24, 2.45) is 0 Å². The molecule has 0 spiro atoms. The summed E-state index contributed by atoms with van der Waals surface area (Å²) in [6, 6.07) is 30.5. The van der Waals surface area contributed by atoms with Gasteiger partial charge in [0.15, 0.2) is 5.78 Å². The van der Waals surface area contributed by atoms with E-state index in [0.717, 1.165) is 51.7 Å². The van der Waals surface area contributed by atoms with Crippen LogP contribution in [0.2, 0.25) is 0 Å². The van der Waals surface area contributed by atoms with E-state index >= 15 is 0 Å². The lowest BCUT2D eigenvalue weighted by Gasteiger charge is -2.36. The van der Waals surface area contributed by atoms with E-state index in [1.807, 2.05) is 48.5 Å². The van der Waals surface area contributed by atoms with Crippen LogP contribution in [0.3, 0.4) is 0 Å². The van der Waals surface area contributed by atoms with Crippen molar-refractivity contribution in [3.05, 3.63) is 125 Å². The molecule has 0 fully saturated rings. The number of allylic oxidation sites excluding steroid dienone is 1. The molecule has 0 unspecified atom stereocenters. The lowest BCUT2D eigenvalue weighted by molar-refractivity contribution is -0.116. The molecule has 1 aliphatic heterocycles. The average molecular weight is 477 g/mol. The zero-order valence-electron chi connectivity index (χ0n) is 20.2. The number of carbonyl (C=O) groups is 1. The van der Waals surface area contributed by atoms with Gasteiger partial charge in [0.1, 0.15) is 11.5 Å². The molecule has 36 heavy (non-hydrogen) atoms. The number of carbonyl (C=O) groups excluding carboxylic acids is 1. The summed E-state index contributed by atoms with van der Waals surface area (Å²) in [6.07, 6.45) is 2.84. The molecule has 6 rings (SSSR count). The molecule has 2 aliphatic rings. The van der Waals surface area contributed by atoms with Gasteiger partial charge in [0, 0.05) is 30.2 Å². The predicted molar refractivity (Wildman–Crippen MR) is 141 cm³/mol. The number of hydrogen-bond acceptors (Lipinski definition) is 5. The maximum atomic E-state index is 13.9. The van der Waals surface area contributed by atoms with Crippen molar-refractivity contribution in [1.82, 2.24) is 0 Å². The number of furan rings is 1. The molecule has 5 nitrogen and oxygen atoms in total. The van der Waals surface area contributed by atoms with Crippen molar-refractivity contribution in [1.29, 1.82) is 0 Å². The van der Waals surface area contributed by atoms with E-state index in [0.29, 0.717) is 13.0 Å². The third kappa shape index (κ3) is 4.07. The average Bonchev–Trinajstić information content (AvgIpc) is 3.42. The van der Waals surface area contributed by atoms with E-state index in [-0.39, 0.29) is 17.7 Å². The summed E-state index contributed by atoms with van der Waals surface area (Å²) in [6.45, 7) is 0.647. The van der Waals surface area contributed by atoms with Gasteiger partial charge in [-0.3, -0.25) is 4.79 Å². The quantitative estimate of drug-likeness (QED) is 0.341. The zero-order valence-corrected chi connectivity index (χ0v) is 20.2. The standard InChI is InChI=1S/C31H28N2O3/c1-35-24-15-13-21(14-16-24)20-33-27-11-6-5-10-25(27)32-26-18-23(29-12-7-17-36-29)19-28(34)30(26)31(33)22-8-3-2-4-9-22/h2-17,23,31-32H,18-20H2,1H3/t23-,31-/m0/s1. The summed E-state index contributed by atoms with van der Waals surface area (Å²) in [5.41, 5.74) is 6.14. The minimum Gasteiger partial charge on any atom is -0.497 e. The van der Waals surface area contributed by atoms with Crippen LogP contribution in [0.15, 0.2) is 113 Å². The van der Waals surface area contributed by atoms with Gasteiger partial charge in [0.2, 0.25) is 0 Å². The Labute approximate surface area is 211 Å². The molecule has 0 bridgehead atoms. The van der Waals surface area contributed by atoms with Gasteiger partial charge < -0.3 is 19.4 Å². The molecule has 2 heterocycles. The number of anilines is 2. The first kappa shape index (κ1) is 22.2. The highest BCUT2D eigenvalue weighted by atomic mass is 16.5. The van der Waals surface area contributed by atoms with Gasteiger partial charge in [-0.15, -0.1) is 0 Å². The fourth-order valence-corrected chi connectivity index (χ4v) is 5.46. The fraction of sp³-hybridized carbons (Fsp3) is 0.194. The van der Waals surface area contributed by atoms with Gasteiger partial charge in [-0.1, -0.05) is 54.6 Å². The van der Waals surface area contributed by atoms with E-state index in [9.17, 15) is 4.79 Å². The molecule has 0 saturated carbocycles. The highest BCUT2D eigenvalue weighted by Gasteiger charge is 2.40. The monoisotopic (exact) mass is 476 g/mol. The van der Waals surface area contributed by atoms with Crippen LogP contribution in [-0.2, 0) is 11.3 Å². The lowest BCUT2D eigenvalue weighted by Crippen LogP contribution is -2.34. The molecule has 0 amide bonds. The Morgan fingerprint density at radius 1 is 0.917 bits per heavy atom. The lowest BCUT2D eigenvalue weighted by atomic mass is 9.80. The summed E-state index contributed by atoms with van der Waals surface area (Å²) in [5.74, 6) is 1.87. The molecule has 180 valence electrons. The number of rotatable bonds is 5. The number of benzene rings is 3. The molecule has 3 aromatic carbocycles. The molecule has 5 heteroatoms. The third-order valence-electron chi connectivity index (χ3n) is 7.16. The summed E-state index contributed by atoms with van der Waals surface area (Å²) in [5, 5.41) is 3.67. The topological polar surface area (TPSA) is 54.7 Å². The Hall–Kier alpha value is -4.25. The van der Waals surface area contributed by atoms with Crippen LogP contribution in [0.1, 0.15) is 41.7 Å². The van der Waals surface area contributed by atoms with Crippen molar-refractivity contribution in [3.63, 3.8) is 0 Å². The first-order valence-corrected chi connectivity index (χ1v) is 12.3. The Morgan fingerprint density at radius 2 is 1.69 bits per heavy atom. The molecule has 1 N–H and O–H groups in total. The van der Waals surface area contributed by atoms with Crippen molar-refractivity contribution in [3.8, 4) is 5.75 Å². The van der Waals surface area contributed by atoms with E-state index < -0.39 is 0 Å². The largest absolute Gasteiger partial charge is 0.497 e. The Bertz CT molecular complexity index is 1390. The molecule has 0 saturated heterocycles. The number of ketones is 1. The van der Waals surface area contributed by atoms with E-state index in [4.69, 9.17) is 9.15 Å². The Morgan fingerprint density at radius 3 is 2.44 bits per heavy atom. The number of nitrogens with zero attached hydrogens (tertiary/aromatic N) is 1. The smallest absolute Gasteiger partial charge is 0.163 e. The summed E-state index contributed by atoms with van der Waals surface area (Å²) in [7, 11) is 1.68. The van der Waals surface area contributed by atoms with Gasteiger partial charge in [-0.05, 0) is 53.9 Å². The number of methoxy groups -OCH3 is 1. The summed E-state index contributed by atoms with van der Waals surface area (Å²) < 4.78 is 11.1. The van der Waals surface area contributed by atoms with Gasteiger partial charge in [0.25, 0.3) is 0 Å².